The summed E-state index contributed by atoms with van der Waals surface area (Å²) in [5, 5.41) is 11.3. The number of fused-ring (bicyclic) bond motifs is 1. The zero-order chi connectivity index (χ0) is 16.4. The Hall–Kier alpha value is -2.70. The average molecular weight is 324 g/mol. The zero-order valence-corrected chi connectivity index (χ0v) is 13.4. The molecule has 24 heavy (non-hydrogen) atoms. The summed E-state index contributed by atoms with van der Waals surface area (Å²) in [6, 6.07) is 6.07. The van der Waals surface area contributed by atoms with Crippen molar-refractivity contribution in [3.8, 4) is 0 Å². The van der Waals surface area contributed by atoms with Gasteiger partial charge in [-0.25, -0.2) is 14.6 Å². The van der Waals surface area contributed by atoms with Gasteiger partial charge in [-0.1, -0.05) is 0 Å². The summed E-state index contributed by atoms with van der Waals surface area (Å²) in [4.78, 5) is 8.47. The maximum atomic E-state index is 5.96. The van der Waals surface area contributed by atoms with Crippen LogP contribution in [-0.2, 0) is 6.42 Å². The maximum Gasteiger partial charge on any atom is 0.222 e. The Morgan fingerprint density at radius 3 is 2.67 bits per heavy atom. The van der Waals surface area contributed by atoms with E-state index in [0.29, 0.717) is 23.6 Å². The molecule has 7 nitrogen and oxygen atoms in total. The van der Waals surface area contributed by atoms with Crippen molar-refractivity contribution in [1.29, 1.82) is 0 Å². The van der Waals surface area contributed by atoms with Crippen molar-refractivity contribution in [2.24, 2.45) is 5.92 Å². The molecule has 1 saturated carbocycles. The maximum absolute atomic E-state index is 5.96. The highest BCUT2D eigenvalue weighted by molar-refractivity contribution is 5.80. The Morgan fingerprint density at radius 2 is 1.88 bits per heavy atom. The van der Waals surface area contributed by atoms with Crippen molar-refractivity contribution in [2.45, 2.75) is 38.1 Å². The van der Waals surface area contributed by atoms with Crippen LogP contribution >= 0.6 is 0 Å². The molecule has 1 aromatic carbocycles. The fraction of sp³-hybridized carbons (Fsp3) is 0.412. The summed E-state index contributed by atoms with van der Waals surface area (Å²) in [5.41, 5.74) is 9.38. The van der Waals surface area contributed by atoms with Crippen LogP contribution in [0.2, 0.25) is 0 Å². The van der Waals surface area contributed by atoms with Gasteiger partial charge >= 0.3 is 0 Å². The van der Waals surface area contributed by atoms with Crippen molar-refractivity contribution in [1.82, 2.24) is 20.3 Å². The summed E-state index contributed by atoms with van der Waals surface area (Å²) in [5.74, 6) is 1.34. The lowest BCUT2D eigenvalue weighted by Gasteiger charge is -2.29. The average Bonchev–Trinajstić information content (AvgIpc) is 3.06. The van der Waals surface area contributed by atoms with Crippen molar-refractivity contribution in [3.63, 3.8) is 0 Å². The fourth-order valence-corrected chi connectivity index (χ4v) is 3.52. The highest BCUT2D eigenvalue weighted by Gasteiger charge is 2.23. The Morgan fingerprint density at radius 1 is 1.08 bits per heavy atom. The van der Waals surface area contributed by atoms with Crippen LogP contribution < -0.4 is 11.1 Å². The van der Waals surface area contributed by atoms with Gasteiger partial charge < -0.3 is 11.1 Å². The molecule has 4 rings (SSSR count). The number of nitrogen functional groups attached to an aromatic ring is 1. The molecule has 1 aliphatic rings. The highest BCUT2D eigenvalue weighted by atomic mass is 16.6. The van der Waals surface area contributed by atoms with Crippen LogP contribution in [-0.4, -0.2) is 26.3 Å². The third-order valence-electron chi connectivity index (χ3n) is 4.72. The number of hydrogen-bond donors (Lipinski definition) is 2. The lowest BCUT2D eigenvalue weighted by atomic mass is 9.82. The van der Waals surface area contributed by atoms with E-state index in [2.05, 4.69) is 25.6 Å². The van der Waals surface area contributed by atoms with Gasteiger partial charge in [0.05, 0.1) is 0 Å². The van der Waals surface area contributed by atoms with E-state index < -0.39 is 0 Å². The van der Waals surface area contributed by atoms with E-state index in [1.165, 1.54) is 0 Å². The molecule has 2 heterocycles. The second-order valence-corrected chi connectivity index (χ2v) is 6.45. The SMILES string of the molecule is Nc1cc(CC2CCC(Nc3ncccn3)CC2)c2nonc2c1. The molecule has 0 bridgehead atoms. The van der Waals surface area contributed by atoms with Gasteiger partial charge in [-0.05, 0) is 72.1 Å². The molecule has 0 unspecified atom stereocenters. The monoisotopic (exact) mass is 324 g/mol. The molecule has 1 fully saturated rings. The van der Waals surface area contributed by atoms with E-state index in [9.17, 15) is 0 Å². The van der Waals surface area contributed by atoms with Gasteiger partial charge in [0.15, 0.2) is 0 Å². The first-order valence-electron chi connectivity index (χ1n) is 8.32. The number of nitrogens with one attached hydrogen (secondary N) is 1. The van der Waals surface area contributed by atoms with E-state index in [4.69, 9.17) is 10.4 Å². The summed E-state index contributed by atoms with van der Waals surface area (Å²) in [6.45, 7) is 0. The van der Waals surface area contributed by atoms with Crippen LogP contribution in [0, 0.1) is 5.92 Å². The molecular weight excluding hydrogens is 304 g/mol. The lowest BCUT2D eigenvalue weighted by Crippen LogP contribution is -2.27. The molecule has 124 valence electrons. The van der Waals surface area contributed by atoms with Gasteiger partial charge in [0.25, 0.3) is 0 Å². The Kier molecular flexibility index (Phi) is 3.98. The van der Waals surface area contributed by atoms with Gasteiger partial charge in [-0.3, -0.25) is 0 Å². The number of hydrogen-bond acceptors (Lipinski definition) is 7. The number of anilines is 2. The molecule has 3 aromatic rings. The van der Waals surface area contributed by atoms with Gasteiger partial charge in [0.2, 0.25) is 5.95 Å². The number of aromatic nitrogens is 4. The van der Waals surface area contributed by atoms with Crippen LogP contribution in [0.5, 0.6) is 0 Å². The van der Waals surface area contributed by atoms with E-state index in [0.717, 1.165) is 48.7 Å². The molecular formula is C17H20N6O. The topological polar surface area (TPSA) is 103 Å². The van der Waals surface area contributed by atoms with E-state index in [1.54, 1.807) is 18.5 Å². The van der Waals surface area contributed by atoms with Crippen molar-refractivity contribution in [3.05, 3.63) is 36.2 Å². The Labute approximate surface area is 139 Å². The largest absolute Gasteiger partial charge is 0.399 e. The molecule has 1 aliphatic carbocycles. The van der Waals surface area contributed by atoms with E-state index in [-0.39, 0.29) is 0 Å². The predicted molar refractivity (Wildman–Crippen MR) is 91.3 cm³/mol. The van der Waals surface area contributed by atoms with Crippen LogP contribution in [0.25, 0.3) is 11.0 Å². The molecule has 0 saturated heterocycles. The Bertz CT molecular complexity index is 810. The minimum Gasteiger partial charge on any atom is -0.399 e. The summed E-state index contributed by atoms with van der Waals surface area (Å²) >= 11 is 0. The zero-order valence-electron chi connectivity index (χ0n) is 13.4. The van der Waals surface area contributed by atoms with Gasteiger partial charge in [0.1, 0.15) is 11.0 Å². The van der Waals surface area contributed by atoms with Crippen LogP contribution in [0.3, 0.4) is 0 Å². The van der Waals surface area contributed by atoms with Gasteiger partial charge in [0, 0.05) is 24.1 Å². The first-order chi connectivity index (χ1) is 11.8. The molecule has 0 amide bonds. The van der Waals surface area contributed by atoms with Crippen LogP contribution in [0.4, 0.5) is 11.6 Å². The van der Waals surface area contributed by atoms with E-state index >= 15 is 0 Å². The lowest BCUT2D eigenvalue weighted by molar-refractivity contribution is 0.314. The van der Waals surface area contributed by atoms with Crippen molar-refractivity contribution < 1.29 is 4.63 Å². The third-order valence-corrected chi connectivity index (χ3v) is 4.72. The van der Waals surface area contributed by atoms with Crippen molar-refractivity contribution in [2.75, 3.05) is 11.1 Å². The summed E-state index contributed by atoms with van der Waals surface area (Å²) in [6.07, 6.45) is 9.04. The minimum absolute atomic E-state index is 0.443. The molecule has 2 aromatic heterocycles. The smallest absolute Gasteiger partial charge is 0.222 e. The summed E-state index contributed by atoms with van der Waals surface area (Å²) < 4.78 is 4.85. The first kappa shape index (κ1) is 14.9. The van der Waals surface area contributed by atoms with Gasteiger partial charge in [-0.2, -0.15) is 0 Å². The predicted octanol–water partition coefficient (Wildman–Crippen LogP) is 2.81. The number of benzene rings is 1. The quantitative estimate of drug-likeness (QED) is 0.711. The normalized spacial score (nSPS) is 21.0. The number of rotatable bonds is 4. The molecule has 0 radical (unpaired) electrons. The van der Waals surface area contributed by atoms with Crippen LogP contribution in [0.1, 0.15) is 31.2 Å². The van der Waals surface area contributed by atoms with Crippen molar-refractivity contribution >= 4 is 22.7 Å². The molecule has 0 spiro atoms. The summed E-state index contributed by atoms with van der Waals surface area (Å²) in [7, 11) is 0. The standard InChI is InChI=1S/C17H20N6O/c18-13-9-12(16-15(10-13)22-24-23-16)8-11-2-4-14(5-3-11)21-17-19-6-1-7-20-17/h1,6-7,9-11,14H,2-5,8,18H2,(H,19,20,21). The van der Waals surface area contributed by atoms with Crippen LogP contribution in [0.15, 0.2) is 35.2 Å². The molecule has 0 aliphatic heterocycles. The molecule has 7 heteroatoms. The van der Waals surface area contributed by atoms with Gasteiger partial charge in [-0.15, -0.1) is 0 Å². The Balaban J connectivity index is 1.38. The number of nitrogens with zero attached hydrogens (tertiary/aromatic N) is 4. The van der Waals surface area contributed by atoms with E-state index in [1.807, 2.05) is 12.1 Å². The first-order valence-corrected chi connectivity index (χ1v) is 8.32. The third kappa shape index (κ3) is 3.15. The second kappa shape index (κ2) is 6.43. The highest BCUT2D eigenvalue weighted by Crippen LogP contribution is 2.31. The molecule has 0 atom stereocenters. The fourth-order valence-electron chi connectivity index (χ4n) is 3.52. The second-order valence-electron chi connectivity index (χ2n) is 6.45. The molecule has 3 N–H and O–H groups in total. The number of nitrogens with two attached hydrogens (primary N) is 1. The minimum atomic E-state index is 0.443.